The topological polar surface area (TPSA) is 77.2 Å². The number of benzene rings is 1. The number of aryl methyl sites for hydroxylation is 1. The number of nitrogens with one attached hydrogen (secondary N) is 1. The van der Waals surface area contributed by atoms with Crippen LogP contribution < -0.4 is 5.32 Å². The van der Waals surface area contributed by atoms with Gasteiger partial charge in [0, 0.05) is 0 Å². The Morgan fingerprint density at radius 2 is 2.18 bits per heavy atom. The smallest absolute Gasteiger partial charge is 0.415 e. The molecule has 0 fully saturated rings. The quantitative estimate of drug-likeness (QED) is 0.878. The second kappa shape index (κ2) is 5.11. The molecule has 0 radical (unpaired) electrons. The largest absolute Gasteiger partial charge is 0.444 e. The Morgan fingerprint density at radius 1 is 1.41 bits per heavy atom. The Bertz CT molecular complexity index is 496. The lowest BCUT2D eigenvalue weighted by molar-refractivity contribution is 0.154. The first-order valence-corrected chi connectivity index (χ1v) is 5.02. The molecule has 1 aromatic carbocycles. The van der Waals surface area contributed by atoms with Crippen LogP contribution in [0.25, 0.3) is 0 Å². The normalized spacial score (nSPS) is 9.94. The molecule has 6 nitrogen and oxygen atoms in total. The van der Waals surface area contributed by atoms with E-state index in [0.29, 0.717) is 5.82 Å². The molecule has 2 rings (SSSR count). The molecule has 0 aliphatic heterocycles. The fraction of sp³-hybridized carbons (Fsp3) is 0.182. The van der Waals surface area contributed by atoms with E-state index < -0.39 is 6.09 Å². The Hall–Kier alpha value is -2.37. The van der Waals surface area contributed by atoms with Crippen molar-refractivity contribution in [1.29, 1.82) is 0 Å². The summed E-state index contributed by atoms with van der Waals surface area (Å²) in [5.41, 5.74) is 0.907. The molecule has 0 atom stereocenters. The summed E-state index contributed by atoms with van der Waals surface area (Å²) in [6, 6.07) is 9.40. The summed E-state index contributed by atoms with van der Waals surface area (Å²) in [5.74, 6) is 0.448. The van der Waals surface area contributed by atoms with E-state index in [1.165, 1.54) is 0 Å². The average molecular weight is 233 g/mol. The van der Waals surface area contributed by atoms with Gasteiger partial charge in [-0.25, -0.2) is 10.1 Å². The van der Waals surface area contributed by atoms with Gasteiger partial charge in [0.15, 0.2) is 5.82 Å². The van der Waals surface area contributed by atoms with Gasteiger partial charge < -0.3 is 9.26 Å². The van der Waals surface area contributed by atoms with Crippen molar-refractivity contribution < 1.29 is 14.1 Å². The molecule has 17 heavy (non-hydrogen) atoms. The molecule has 2 aromatic rings. The standard InChI is InChI=1S/C11H11N3O3/c1-8-12-10(17-14-8)13-11(15)16-7-9-5-3-2-4-6-9/h2-6H,7H2,1H3,(H,12,13,14,15). The average Bonchev–Trinajstić information content (AvgIpc) is 2.73. The lowest BCUT2D eigenvalue weighted by Crippen LogP contribution is -2.13. The van der Waals surface area contributed by atoms with Crippen molar-refractivity contribution in [1.82, 2.24) is 10.1 Å². The summed E-state index contributed by atoms with van der Waals surface area (Å²) >= 11 is 0. The van der Waals surface area contributed by atoms with Crippen molar-refractivity contribution in [3.63, 3.8) is 0 Å². The maximum atomic E-state index is 11.3. The van der Waals surface area contributed by atoms with Crippen LogP contribution in [0.15, 0.2) is 34.9 Å². The zero-order chi connectivity index (χ0) is 12.1. The number of ether oxygens (including phenoxy) is 1. The molecule has 0 saturated heterocycles. The SMILES string of the molecule is Cc1noc(NC(=O)OCc2ccccc2)n1. The third-order valence-electron chi connectivity index (χ3n) is 1.95. The van der Waals surface area contributed by atoms with Gasteiger partial charge in [0.05, 0.1) is 0 Å². The molecule has 0 unspecified atom stereocenters. The number of aromatic nitrogens is 2. The summed E-state index contributed by atoms with van der Waals surface area (Å²) in [6.07, 6.45) is -0.627. The van der Waals surface area contributed by atoms with Gasteiger partial charge in [0.2, 0.25) is 0 Å². The molecule has 0 saturated carbocycles. The molecule has 0 aliphatic carbocycles. The molecule has 88 valence electrons. The van der Waals surface area contributed by atoms with E-state index in [1.54, 1.807) is 6.92 Å². The third kappa shape index (κ3) is 3.30. The van der Waals surface area contributed by atoms with Crippen LogP contribution in [0.2, 0.25) is 0 Å². The highest BCUT2D eigenvalue weighted by Crippen LogP contribution is 2.05. The number of carbonyl (C=O) groups excluding carboxylic acids is 1. The fourth-order valence-corrected chi connectivity index (χ4v) is 1.19. The fourth-order valence-electron chi connectivity index (χ4n) is 1.19. The minimum atomic E-state index is -0.627. The van der Waals surface area contributed by atoms with Gasteiger partial charge >= 0.3 is 12.1 Å². The second-order valence-corrected chi connectivity index (χ2v) is 3.33. The third-order valence-corrected chi connectivity index (χ3v) is 1.95. The molecule has 1 heterocycles. The van der Waals surface area contributed by atoms with Gasteiger partial charge in [-0.15, -0.1) is 0 Å². The number of carbonyl (C=O) groups is 1. The predicted octanol–water partition coefficient (Wildman–Crippen LogP) is 2.13. The van der Waals surface area contributed by atoms with Crippen LogP contribution in [0.1, 0.15) is 11.4 Å². The highest BCUT2D eigenvalue weighted by atomic mass is 16.6. The van der Waals surface area contributed by atoms with Crippen molar-refractivity contribution >= 4 is 12.1 Å². The Morgan fingerprint density at radius 3 is 2.82 bits per heavy atom. The van der Waals surface area contributed by atoms with Gasteiger partial charge in [-0.1, -0.05) is 35.5 Å². The summed E-state index contributed by atoms with van der Waals surface area (Å²) in [4.78, 5) is 15.1. The van der Waals surface area contributed by atoms with Gasteiger partial charge in [-0.05, 0) is 12.5 Å². The highest BCUT2D eigenvalue weighted by molar-refractivity contribution is 5.81. The zero-order valence-electron chi connectivity index (χ0n) is 9.21. The lowest BCUT2D eigenvalue weighted by Gasteiger charge is -2.03. The summed E-state index contributed by atoms with van der Waals surface area (Å²) in [5, 5.41) is 5.86. The van der Waals surface area contributed by atoms with Crippen molar-refractivity contribution in [2.75, 3.05) is 5.32 Å². The van der Waals surface area contributed by atoms with E-state index in [1.807, 2.05) is 30.3 Å². The Labute approximate surface area is 97.6 Å². The van der Waals surface area contributed by atoms with Crippen LogP contribution in [0.4, 0.5) is 10.8 Å². The summed E-state index contributed by atoms with van der Waals surface area (Å²) < 4.78 is 9.68. The van der Waals surface area contributed by atoms with Gasteiger partial charge in [0.1, 0.15) is 6.61 Å². The van der Waals surface area contributed by atoms with Gasteiger partial charge in [-0.2, -0.15) is 4.98 Å². The van der Waals surface area contributed by atoms with Crippen molar-refractivity contribution in [2.45, 2.75) is 13.5 Å². The number of hydrogen-bond acceptors (Lipinski definition) is 5. The van der Waals surface area contributed by atoms with E-state index in [0.717, 1.165) is 5.56 Å². The maximum absolute atomic E-state index is 11.3. The predicted molar refractivity (Wildman–Crippen MR) is 59.3 cm³/mol. The van der Waals surface area contributed by atoms with E-state index in [9.17, 15) is 4.79 Å². The van der Waals surface area contributed by atoms with E-state index >= 15 is 0 Å². The van der Waals surface area contributed by atoms with Crippen molar-refractivity contribution in [3.8, 4) is 0 Å². The molecular weight excluding hydrogens is 222 g/mol. The van der Waals surface area contributed by atoms with Crippen LogP contribution in [0.3, 0.4) is 0 Å². The van der Waals surface area contributed by atoms with Gasteiger partial charge in [0.25, 0.3) is 0 Å². The van der Waals surface area contributed by atoms with Crippen LogP contribution in [-0.2, 0) is 11.3 Å². The summed E-state index contributed by atoms with van der Waals surface area (Å²) in [7, 11) is 0. The molecule has 1 N–H and O–H groups in total. The molecule has 6 heteroatoms. The minimum Gasteiger partial charge on any atom is -0.444 e. The first-order valence-electron chi connectivity index (χ1n) is 5.02. The lowest BCUT2D eigenvalue weighted by atomic mass is 10.2. The minimum absolute atomic E-state index is 0.0283. The number of anilines is 1. The second-order valence-electron chi connectivity index (χ2n) is 3.33. The summed E-state index contributed by atoms with van der Waals surface area (Å²) in [6.45, 7) is 1.85. The Balaban J connectivity index is 1.82. The number of nitrogens with zero attached hydrogens (tertiary/aromatic N) is 2. The van der Waals surface area contributed by atoms with E-state index in [2.05, 4.69) is 15.5 Å². The molecule has 0 bridgehead atoms. The van der Waals surface area contributed by atoms with Crippen LogP contribution in [-0.4, -0.2) is 16.2 Å². The Kier molecular flexibility index (Phi) is 3.34. The van der Waals surface area contributed by atoms with Crippen LogP contribution in [0, 0.1) is 6.92 Å². The first kappa shape index (κ1) is 11.1. The molecular formula is C11H11N3O3. The maximum Gasteiger partial charge on any atom is 0.415 e. The highest BCUT2D eigenvalue weighted by Gasteiger charge is 2.08. The number of amides is 1. The van der Waals surface area contributed by atoms with Crippen molar-refractivity contribution in [2.24, 2.45) is 0 Å². The van der Waals surface area contributed by atoms with E-state index in [4.69, 9.17) is 9.26 Å². The van der Waals surface area contributed by atoms with E-state index in [-0.39, 0.29) is 12.6 Å². The van der Waals surface area contributed by atoms with Crippen molar-refractivity contribution in [3.05, 3.63) is 41.7 Å². The number of hydrogen-bond donors (Lipinski definition) is 1. The molecule has 0 aliphatic rings. The molecule has 0 spiro atoms. The van der Waals surface area contributed by atoms with Gasteiger partial charge in [-0.3, -0.25) is 0 Å². The monoisotopic (exact) mass is 233 g/mol. The first-order chi connectivity index (χ1) is 8.24. The van der Waals surface area contributed by atoms with Crippen LogP contribution >= 0.6 is 0 Å². The number of rotatable bonds is 3. The molecule has 1 amide bonds. The van der Waals surface area contributed by atoms with Crippen LogP contribution in [0.5, 0.6) is 0 Å². The zero-order valence-corrected chi connectivity index (χ0v) is 9.21. The molecule has 1 aromatic heterocycles.